The number of hydrogen-bond donors (Lipinski definition) is 1. The molecule has 0 saturated heterocycles. The Balaban J connectivity index is 2.09. The first kappa shape index (κ1) is 11.0. The third kappa shape index (κ3) is 1.69. The molecule has 0 unspecified atom stereocenters. The van der Waals surface area contributed by atoms with E-state index in [9.17, 15) is 5.11 Å². The Kier molecular flexibility index (Phi) is 2.60. The third-order valence-electron chi connectivity index (χ3n) is 3.16. The van der Waals surface area contributed by atoms with Crippen molar-refractivity contribution in [2.24, 2.45) is 7.05 Å². The summed E-state index contributed by atoms with van der Waals surface area (Å²) in [6.45, 7) is 0.698. The van der Waals surface area contributed by atoms with Crippen molar-refractivity contribution in [1.29, 1.82) is 0 Å². The summed E-state index contributed by atoms with van der Waals surface area (Å²) < 4.78 is 3.85. The van der Waals surface area contributed by atoms with Gasteiger partial charge in [0.2, 0.25) is 0 Å². The summed E-state index contributed by atoms with van der Waals surface area (Å²) in [7, 11) is 1.88. The molecule has 0 fully saturated rings. The van der Waals surface area contributed by atoms with Gasteiger partial charge in [-0.15, -0.1) is 0 Å². The lowest BCUT2D eigenvalue weighted by atomic mass is 10.2. The second-order valence-corrected chi connectivity index (χ2v) is 4.26. The molecule has 2 heterocycles. The Morgan fingerprint density at radius 1 is 1.28 bits per heavy atom. The highest BCUT2D eigenvalue weighted by Crippen LogP contribution is 2.21. The summed E-state index contributed by atoms with van der Waals surface area (Å²) in [5.41, 5.74) is 2.04. The fraction of sp³-hybridized carbons (Fsp3) is 0.231. The van der Waals surface area contributed by atoms with Gasteiger partial charge in [-0.1, -0.05) is 18.2 Å². The normalized spacial score (nSPS) is 11.2. The number of aryl methyl sites for hydroxylation is 1. The molecule has 1 N–H and O–H groups in total. The first-order chi connectivity index (χ1) is 8.79. The predicted molar refractivity (Wildman–Crippen MR) is 68.0 cm³/mol. The summed E-state index contributed by atoms with van der Waals surface area (Å²) >= 11 is 0. The minimum Gasteiger partial charge on any atom is -0.392 e. The van der Waals surface area contributed by atoms with Gasteiger partial charge in [0.25, 0.3) is 0 Å². The topological polar surface area (TPSA) is 55.9 Å². The van der Waals surface area contributed by atoms with Crippen molar-refractivity contribution in [2.75, 3.05) is 0 Å². The Hall–Kier alpha value is -2.14. The molecule has 0 amide bonds. The van der Waals surface area contributed by atoms with Crippen LogP contribution in [-0.4, -0.2) is 24.4 Å². The molecule has 0 atom stereocenters. The van der Waals surface area contributed by atoms with Gasteiger partial charge in [-0.2, -0.15) is 5.10 Å². The van der Waals surface area contributed by atoms with E-state index in [0.29, 0.717) is 6.54 Å². The molecule has 0 spiro atoms. The number of fused-ring (bicyclic) bond motifs is 1. The molecule has 1 aromatic carbocycles. The molecular weight excluding hydrogens is 228 g/mol. The zero-order valence-corrected chi connectivity index (χ0v) is 10.1. The highest BCUT2D eigenvalue weighted by molar-refractivity contribution is 5.83. The lowest BCUT2D eigenvalue weighted by Crippen LogP contribution is -2.05. The molecule has 92 valence electrons. The third-order valence-corrected chi connectivity index (χ3v) is 3.16. The Labute approximate surface area is 104 Å². The van der Waals surface area contributed by atoms with Crippen LogP contribution >= 0.6 is 0 Å². The smallest absolute Gasteiger partial charge is 0.146 e. The fourth-order valence-corrected chi connectivity index (χ4v) is 2.20. The quantitative estimate of drug-likeness (QED) is 0.753. The maximum atomic E-state index is 9.38. The van der Waals surface area contributed by atoms with Crippen molar-refractivity contribution in [3.05, 3.63) is 48.2 Å². The maximum absolute atomic E-state index is 9.38. The molecule has 18 heavy (non-hydrogen) atoms. The van der Waals surface area contributed by atoms with E-state index in [1.807, 2.05) is 37.5 Å². The zero-order valence-electron chi connectivity index (χ0n) is 10.1. The van der Waals surface area contributed by atoms with E-state index in [4.69, 9.17) is 0 Å². The van der Waals surface area contributed by atoms with E-state index in [0.717, 1.165) is 22.3 Å². The van der Waals surface area contributed by atoms with E-state index in [2.05, 4.69) is 14.6 Å². The van der Waals surface area contributed by atoms with Crippen molar-refractivity contribution in [3.63, 3.8) is 0 Å². The first-order valence-corrected chi connectivity index (χ1v) is 5.80. The molecule has 0 bridgehead atoms. The number of aliphatic hydroxyl groups is 1. The van der Waals surface area contributed by atoms with Gasteiger partial charge in [-0.05, 0) is 6.07 Å². The average Bonchev–Trinajstić information content (AvgIpc) is 2.95. The van der Waals surface area contributed by atoms with E-state index in [-0.39, 0.29) is 6.61 Å². The van der Waals surface area contributed by atoms with Gasteiger partial charge in [-0.25, -0.2) is 4.98 Å². The Morgan fingerprint density at radius 3 is 2.83 bits per heavy atom. The highest BCUT2D eigenvalue weighted by Gasteiger charge is 2.09. The van der Waals surface area contributed by atoms with Crippen LogP contribution in [0, 0.1) is 0 Å². The van der Waals surface area contributed by atoms with Gasteiger partial charge >= 0.3 is 0 Å². The predicted octanol–water partition coefficient (Wildman–Crippen LogP) is 1.31. The largest absolute Gasteiger partial charge is 0.392 e. The summed E-state index contributed by atoms with van der Waals surface area (Å²) in [5, 5.41) is 14.5. The summed E-state index contributed by atoms with van der Waals surface area (Å²) in [5.74, 6) is 0.889. The van der Waals surface area contributed by atoms with Crippen molar-refractivity contribution in [1.82, 2.24) is 19.3 Å². The SMILES string of the molecule is Cn1ncnc1Cn1cc(CO)c2ccccc21. The average molecular weight is 242 g/mol. The first-order valence-electron chi connectivity index (χ1n) is 5.80. The van der Waals surface area contributed by atoms with Crippen LogP contribution in [0.2, 0.25) is 0 Å². The summed E-state index contributed by atoms with van der Waals surface area (Å²) in [4.78, 5) is 4.22. The minimum atomic E-state index is 0.0479. The molecule has 3 aromatic rings. The van der Waals surface area contributed by atoms with Crippen molar-refractivity contribution in [2.45, 2.75) is 13.2 Å². The number of rotatable bonds is 3. The molecule has 0 saturated carbocycles. The van der Waals surface area contributed by atoms with Gasteiger partial charge < -0.3 is 9.67 Å². The van der Waals surface area contributed by atoms with Crippen molar-refractivity contribution < 1.29 is 5.11 Å². The summed E-state index contributed by atoms with van der Waals surface area (Å²) in [6.07, 6.45) is 3.52. The van der Waals surface area contributed by atoms with Crippen LogP contribution in [0.1, 0.15) is 11.4 Å². The lowest BCUT2D eigenvalue weighted by molar-refractivity contribution is 0.283. The molecule has 5 heteroatoms. The Morgan fingerprint density at radius 2 is 2.11 bits per heavy atom. The van der Waals surface area contributed by atoms with Gasteiger partial charge in [0.15, 0.2) is 0 Å². The number of nitrogens with zero attached hydrogens (tertiary/aromatic N) is 4. The van der Waals surface area contributed by atoms with E-state index in [1.54, 1.807) is 11.0 Å². The second kappa shape index (κ2) is 4.27. The van der Waals surface area contributed by atoms with E-state index < -0.39 is 0 Å². The lowest BCUT2D eigenvalue weighted by Gasteiger charge is -2.04. The number of aliphatic hydroxyl groups excluding tert-OH is 1. The van der Waals surface area contributed by atoms with Crippen molar-refractivity contribution >= 4 is 10.9 Å². The standard InChI is InChI=1S/C13H14N4O/c1-16-13(14-9-15-16)7-17-6-10(8-18)11-4-2-3-5-12(11)17/h2-6,9,18H,7-8H2,1H3. The van der Waals surface area contributed by atoms with Crippen LogP contribution in [0.3, 0.4) is 0 Å². The van der Waals surface area contributed by atoms with Gasteiger partial charge in [0.05, 0.1) is 13.2 Å². The van der Waals surface area contributed by atoms with Crippen molar-refractivity contribution in [3.8, 4) is 0 Å². The van der Waals surface area contributed by atoms with Crippen LogP contribution in [0.4, 0.5) is 0 Å². The van der Waals surface area contributed by atoms with E-state index in [1.165, 1.54) is 0 Å². The fourth-order valence-electron chi connectivity index (χ4n) is 2.20. The van der Waals surface area contributed by atoms with Crippen LogP contribution in [0.15, 0.2) is 36.8 Å². The van der Waals surface area contributed by atoms with Crippen LogP contribution in [0.5, 0.6) is 0 Å². The molecular formula is C13H14N4O. The Bertz CT molecular complexity index is 683. The molecule has 0 radical (unpaired) electrons. The van der Waals surface area contributed by atoms with Gasteiger partial charge in [0.1, 0.15) is 12.2 Å². The van der Waals surface area contributed by atoms with Crippen LogP contribution in [-0.2, 0) is 20.2 Å². The summed E-state index contributed by atoms with van der Waals surface area (Å²) in [6, 6.07) is 8.05. The number of hydrogen-bond acceptors (Lipinski definition) is 3. The van der Waals surface area contributed by atoms with Crippen LogP contribution in [0.25, 0.3) is 10.9 Å². The number of aromatic nitrogens is 4. The minimum absolute atomic E-state index is 0.0479. The molecule has 3 rings (SSSR count). The molecule has 0 aliphatic heterocycles. The van der Waals surface area contributed by atoms with E-state index >= 15 is 0 Å². The monoisotopic (exact) mass is 242 g/mol. The molecule has 2 aromatic heterocycles. The second-order valence-electron chi connectivity index (χ2n) is 4.26. The number of benzene rings is 1. The maximum Gasteiger partial charge on any atom is 0.146 e. The molecule has 5 nitrogen and oxygen atoms in total. The molecule has 0 aliphatic rings. The van der Waals surface area contributed by atoms with Gasteiger partial charge in [-0.3, -0.25) is 4.68 Å². The molecule has 0 aliphatic carbocycles. The van der Waals surface area contributed by atoms with Crippen LogP contribution < -0.4 is 0 Å². The zero-order chi connectivity index (χ0) is 12.5. The van der Waals surface area contributed by atoms with Gasteiger partial charge in [0, 0.05) is 29.7 Å². The highest BCUT2D eigenvalue weighted by atomic mass is 16.3. The number of para-hydroxylation sites is 1.